The number of rotatable bonds is 3. The largest absolute Gasteiger partial charge is 0.383 e. The van der Waals surface area contributed by atoms with Gasteiger partial charge in [0, 0.05) is 31.9 Å². The lowest BCUT2D eigenvalue weighted by molar-refractivity contribution is 0.104. The number of carbonyl (C=O) groups is 1. The molecule has 0 unspecified atom stereocenters. The van der Waals surface area contributed by atoms with Crippen LogP contribution in [-0.2, 0) is 0 Å². The van der Waals surface area contributed by atoms with Crippen LogP contribution in [0, 0.1) is 5.82 Å². The summed E-state index contributed by atoms with van der Waals surface area (Å²) in [6.45, 7) is 0. The number of nitrogens with zero attached hydrogens (tertiary/aromatic N) is 1. The van der Waals surface area contributed by atoms with E-state index in [0.29, 0.717) is 5.56 Å². The molecule has 0 spiro atoms. The van der Waals surface area contributed by atoms with Crippen LogP contribution in [0.5, 0.6) is 0 Å². The molecule has 0 aliphatic carbocycles. The van der Waals surface area contributed by atoms with Gasteiger partial charge in [0.05, 0.1) is 5.02 Å². The predicted molar refractivity (Wildman–Crippen MR) is 58.6 cm³/mol. The van der Waals surface area contributed by atoms with Crippen LogP contribution in [0.3, 0.4) is 0 Å². The average molecular weight is 228 g/mol. The number of halogens is 2. The maximum Gasteiger partial charge on any atom is 0.188 e. The smallest absolute Gasteiger partial charge is 0.188 e. The summed E-state index contributed by atoms with van der Waals surface area (Å²) in [5.74, 6) is -0.693. The molecular formula is C11H11ClFNO. The number of allylic oxidation sites excluding steroid dienone is 1. The van der Waals surface area contributed by atoms with Crippen LogP contribution in [-0.4, -0.2) is 24.8 Å². The molecule has 0 aliphatic heterocycles. The maximum atomic E-state index is 12.7. The molecule has 0 atom stereocenters. The molecule has 0 heterocycles. The van der Waals surface area contributed by atoms with Crippen molar-refractivity contribution in [1.29, 1.82) is 0 Å². The molecule has 0 saturated carbocycles. The molecule has 0 bridgehead atoms. The molecule has 80 valence electrons. The fraction of sp³-hybridized carbons (Fsp3) is 0.182. The Morgan fingerprint density at radius 1 is 1.47 bits per heavy atom. The highest BCUT2D eigenvalue weighted by Crippen LogP contribution is 2.18. The minimum atomic E-state index is -0.451. The highest BCUT2D eigenvalue weighted by molar-refractivity contribution is 6.34. The van der Waals surface area contributed by atoms with Gasteiger partial charge in [-0.3, -0.25) is 4.79 Å². The van der Waals surface area contributed by atoms with Crippen molar-refractivity contribution in [3.63, 3.8) is 0 Å². The first-order chi connectivity index (χ1) is 7.00. The second-order valence-corrected chi connectivity index (χ2v) is 3.67. The quantitative estimate of drug-likeness (QED) is 0.585. The molecule has 0 fully saturated rings. The van der Waals surface area contributed by atoms with Gasteiger partial charge in [0.15, 0.2) is 5.78 Å². The lowest BCUT2D eigenvalue weighted by atomic mass is 10.1. The Labute approximate surface area is 93.0 Å². The highest BCUT2D eigenvalue weighted by atomic mass is 35.5. The van der Waals surface area contributed by atoms with Gasteiger partial charge in [0.2, 0.25) is 0 Å². The van der Waals surface area contributed by atoms with Gasteiger partial charge in [-0.1, -0.05) is 11.6 Å². The summed E-state index contributed by atoms with van der Waals surface area (Å²) >= 11 is 5.73. The van der Waals surface area contributed by atoms with E-state index in [0.717, 1.165) is 6.07 Å². The Balaban J connectivity index is 2.92. The van der Waals surface area contributed by atoms with Crippen LogP contribution in [0.2, 0.25) is 5.02 Å². The molecule has 0 radical (unpaired) electrons. The van der Waals surface area contributed by atoms with Gasteiger partial charge in [-0.05, 0) is 18.2 Å². The number of carbonyl (C=O) groups excluding carboxylic acids is 1. The predicted octanol–water partition coefficient (Wildman–Crippen LogP) is 2.74. The fourth-order valence-corrected chi connectivity index (χ4v) is 1.26. The SMILES string of the molecule is CN(C)C=CC(=O)c1ccc(F)cc1Cl. The number of ketones is 1. The first-order valence-electron chi connectivity index (χ1n) is 4.34. The van der Waals surface area contributed by atoms with Crippen molar-refractivity contribution in [3.05, 3.63) is 46.9 Å². The molecule has 1 aromatic rings. The van der Waals surface area contributed by atoms with Crippen molar-refractivity contribution in [2.45, 2.75) is 0 Å². The lowest BCUT2D eigenvalue weighted by Crippen LogP contribution is -2.03. The van der Waals surface area contributed by atoms with Gasteiger partial charge in [-0.25, -0.2) is 4.39 Å². The minimum Gasteiger partial charge on any atom is -0.383 e. The summed E-state index contributed by atoms with van der Waals surface area (Å²) in [4.78, 5) is 13.3. The van der Waals surface area contributed by atoms with Crippen LogP contribution in [0.15, 0.2) is 30.5 Å². The van der Waals surface area contributed by atoms with Crippen molar-refractivity contribution in [1.82, 2.24) is 4.90 Å². The summed E-state index contributed by atoms with van der Waals surface area (Å²) < 4.78 is 12.7. The van der Waals surface area contributed by atoms with Crippen LogP contribution < -0.4 is 0 Å². The van der Waals surface area contributed by atoms with Crippen LogP contribution in [0.1, 0.15) is 10.4 Å². The first kappa shape index (κ1) is 11.7. The van der Waals surface area contributed by atoms with Gasteiger partial charge >= 0.3 is 0 Å². The number of hydrogen-bond donors (Lipinski definition) is 0. The molecule has 0 amide bonds. The molecule has 0 aromatic heterocycles. The number of hydrogen-bond acceptors (Lipinski definition) is 2. The molecule has 0 saturated heterocycles. The third-order valence-electron chi connectivity index (χ3n) is 1.72. The van der Waals surface area contributed by atoms with Crippen LogP contribution in [0.4, 0.5) is 4.39 Å². The van der Waals surface area contributed by atoms with E-state index in [4.69, 9.17) is 11.6 Å². The van der Waals surface area contributed by atoms with Crippen molar-refractivity contribution in [2.75, 3.05) is 14.1 Å². The second kappa shape index (κ2) is 4.94. The van der Waals surface area contributed by atoms with E-state index in [1.165, 1.54) is 18.2 Å². The van der Waals surface area contributed by atoms with Crippen molar-refractivity contribution in [3.8, 4) is 0 Å². The van der Waals surface area contributed by atoms with Gasteiger partial charge in [0.25, 0.3) is 0 Å². The summed E-state index contributed by atoms with van der Waals surface area (Å²) in [6.07, 6.45) is 3.00. The minimum absolute atomic E-state index is 0.128. The highest BCUT2D eigenvalue weighted by Gasteiger charge is 2.07. The van der Waals surface area contributed by atoms with Crippen LogP contribution >= 0.6 is 11.6 Å². The van der Waals surface area contributed by atoms with Gasteiger partial charge in [-0.15, -0.1) is 0 Å². The van der Waals surface area contributed by atoms with Gasteiger partial charge in [-0.2, -0.15) is 0 Å². The van der Waals surface area contributed by atoms with Crippen LogP contribution in [0.25, 0.3) is 0 Å². The summed E-state index contributed by atoms with van der Waals surface area (Å²) in [7, 11) is 3.60. The van der Waals surface area contributed by atoms with Crippen molar-refractivity contribution < 1.29 is 9.18 Å². The summed E-state index contributed by atoms with van der Waals surface area (Å²) in [5, 5.41) is 0.128. The Hall–Kier alpha value is -1.35. The van der Waals surface area contributed by atoms with E-state index in [2.05, 4.69) is 0 Å². The molecule has 0 aliphatic rings. The normalized spacial score (nSPS) is 10.7. The zero-order valence-electron chi connectivity index (χ0n) is 8.50. The van der Waals surface area contributed by atoms with Crippen molar-refractivity contribution in [2.24, 2.45) is 0 Å². The molecule has 15 heavy (non-hydrogen) atoms. The van der Waals surface area contributed by atoms with Gasteiger partial charge < -0.3 is 4.90 Å². The Bertz CT molecular complexity index is 402. The van der Waals surface area contributed by atoms with E-state index in [-0.39, 0.29) is 10.8 Å². The number of benzene rings is 1. The first-order valence-corrected chi connectivity index (χ1v) is 4.72. The summed E-state index contributed by atoms with van der Waals surface area (Å²) in [5.41, 5.74) is 0.302. The average Bonchev–Trinajstić information content (AvgIpc) is 2.14. The third-order valence-corrected chi connectivity index (χ3v) is 2.03. The zero-order chi connectivity index (χ0) is 11.4. The van der Waals surface area contributed by atoms with E-state index >= 15 is 0 Å². The van der Waals surface area contributed by atoms with E-state index in [1.807, 2.05) is 0 Å². The monoisotopic (exact) mass is 227 g/mol. The van der Waals surface area contributed by atoms with Crippen molar-refractivity contribution >= 4 is 17.4 Å². The topological polar surface area (TPSA) is 20.3 Å². The Morgan fingerprint density at radius 3 is 2.67 bits per heavy atom. The maximum absolute atomic E-state index is 12.7. The third kappa shape index (κ3) is 3.36. The van der Waals surface area contributed by atoms with E-state index in [9.17, 15) is 9.18 Å². The van der Waals surface area contributed by atoms with E-state index in [1.54, 1.807) is 25.2 Å². The van der Waals surface area contributed by atoms with E-state index < -0.39 is 5.82 Å². The second-order valence-electron chi connectivity index (χ2n) is 3.27. The Morgan fingerprint density at radius 2 is 2.13 bits per heavy atom. The lowest BCUT2D eigenvalue weighted by Gasteiger charge is -2.03. The molecule has 4 heteroatoms. The molecule has 0 N–H and O–H groups in total. The Kier molecular flexibility index (Phi) is 3.86. The summed E-state index contributed by atoms with van der Waals surface area (Å²) in [6, 6.07) is 3.71. The standard InChI is InChI=1S/C11H11ClFNO/c1-14(2)6-5-11(15)9-4-3-8(13)7-10(9)12/h3-7H,1-2H3. The van der Waals surface area contributed by atoms with Gasteiger partial charge in [0.1, 0.15) is 5.82 Å². The molecule has 1 aromatic carbocycles. The molecule has 1 rings (SSSR count). The zero-order valence-corrected chi connectivity index (χ0v) is 9.25. The fourth-order valence-electron chi connectivity index (χ4n) is 0.996. The molecule has 2 nitrogen and oxygen atoms in total. The molecular weight excluding hydrogens is 217 g/mol.